The molecule has 0 amide bonds. The fourth-order valence-corrected chi connectivity index (χ4v) is 3.02. The molecule has 2 aromatic carbocycles. The Morgan fingerprint density at radius 3 is 2.50 bits per heavy atom. The summed E-state index contributed by atoms with van der Waals surface area (Å²) in [5.41, 5.74) is 1.24. The van der Waals surface area contributed by atoms with Crippen molar-refractivity contribution < 1.29 is 14.2 Å². The predicted octanol–water partition coefficient (Wildman–Crippen LogP) is 4.48. The Balaban J connectivity index is 1.78. The standard InChI is InChI=1S/C20H25NO3/c1-3-23-17-7-6-8-18(14-17)24-20-13-16(9-10-19(20)22-2)15-21-11-4-5-12-21/h6-10,13-14H,3-5,11-12,15H2,1-2H3. The van der Waals surface area contributed by atoms with Crippen molar-refractivity contribution in [1.29, 1.82) is 0 Å². The number of hydrogen-bond donors (Lipinski definition) is 0. The fourth-order valence-electron chi connectivity index (χ4n) is 3.02. The molecule has 1 fully saturated rings. The van der Waals surface area contributed by atoms with Crippen molar-refractivity contribution in [2.45, 2.75) is 26.3 Å². The minimum atomic E-state index is 0.637. The van der Waals surface area contributed by atoms with Gasteiger partial charge in [0.1, 0.15) is 11.5 Å². The Bertz CT molecular complexity index is 666. The van der Waals surface area contributed by atoms with Crippen LogP contribution in [0.1, 0.15) is 25.3 Å². The van der Waals surface area contributed by atoms with Crippen LogP contribution < -0.4 is 14.2 Å². The van der Waals surface area contributed by atoms with Crippen molar-refractivity contribution in [3.8, 4) is 23.0 Å². The van der Waals surface area contributed by atoms with Gasteiger partial charge in [0.05, 0.1) is 13.7 Å². The molecule has 0 aromatic heterocycles. The summed E-state index contributed by atoms with van der Waals surface area (Å²) in [6.45, 7) is 5.92. The summed E-state index contributed by atoms with van der Waals surface area (Å²) in [7, 11) is 1.67. The van der Waals surface area contributed by atoms with Gasteiger partial charge in [-0.1, -0.05) is 12.1 Å². The van der Waals surface area contributed by atoms with Gasteiger partial charge in [0.2, 0.25) is 0 Å². The normalized spacial score (nSPS) is 14.6. The van der Waals surface area contributed by atoms with Crippen molar-refractivity contribution in [2.75, 3.05) is 26.8 Å². The van der Waals surface area contributed by atoms with Gasteiger partial charge in [0.15, 0.2) is 11.5 Å². The lowest BCUT2D eigenvalue weighted by molar-refractivity contribution is 0.329. The molecular weight excluding hydrogens is 302 g/mol. The average Bonchev–Trinajstić information content (AvgIpc) is 3.09. The lowest BCUT2D eigenvalue weighted by Crippen LogP contribution is -2.18. The van der Waals surface area contributed by atoms with Crippen LogP contribution in [0.25, 0.3) is 0 Å². The molecule has 24 heavy (non-hydrogen) atoms. The molecule has 2 aromatic rings. The Labute approximate surface area is 144 Å². The van der Waals surface area contributed by atoms with E-state index >= 15 is 0 Å². The maximum atomic E-state index is 6.07. The fraction of sp³-hybridized carbons (Fsp3) is 0.400. The molecule has 0 N–H and O–H groups in total. The van der Waals surface area contributed by atoms with Gasteiger partial charge in [-0.05, 0) is 62.7 Å². The zero-order chi connectivity index (χ0) is 16.8. The van der Waals surface area contributed by atoms with Crippen LogP contribution >= 0.6 is 0 Å². The highest BCUT2D eigenvalue weighted by molar-refractivity contribution is 5.46. The number of benzene rings is 2. The molecule has 4 heteroatoms. The van der Waals surface area contributed by atoms with Crippen molar-refractivity contribution in [2.24, 2.45) is 0 Å². The number of hydrogen-bond acceptors (Lipinski definition) is 4. The molecule has 1 saturated heterocycles. The molecule has 1 heterocycles. The van der Waals surface area contributed by atoms with E-state index < -0.39 is 0 Å². The van der Waals surface area contributed by atoms with Gasteiger partial charge in [0, 0.05) is 12.6 Å². The van der Waals surface area contributed by atoms with E-state index in [1.54, 1.807) is 7.11 Å². The van der Waals surface area contributed by atoms with Gasteiger partial charge in [-0.3, -0.25) is 4.90 Å². The van der Waals surface area contributed by atoms with Crippen LogP contribution in [0.15, 0.2) is 42.5 Å². The lowest BCUT2D eigenvalue weighted by atomic mass is 10.2. The van der Waals surface area contributed by atoms with Crippen LogP contribution in [0.3, 0.4) is 0 Å². The summed E-state index contributed by atoms with van der Waals surface area (Å²) >= 11 is 0. The summed E-state index contributed by atoms with van der Waals surface area (Å²) in [4.78, 5) is 2.47. The number of methoxy groups -OCH3 is 1. The maximum Gasteiger partial charge on any atom is 0.169 e. The van der Waals surface area contributed by atoms with E-state index in [4.69, 9.17) is 14.2 Å². The van der Waals surface area contributed by atoms with E-state index in [9.17, 15) is 0 Å². The van der Waals surface area contributed by atoms with Gasteiger partial charge < -0.3 is 14.2 Å². The first-order chi connectivity index (χ1) is 11.8. The largest absolute Gasteiger partial charge is 0.494 e. The molecule has 0 spiro atoms. The SMILES string of the molecule is CCOc1cccc(Oc2cc(CN3CCCC3)ccc2OC)c1. The molecule has 1 aliphatic rings. The van der Waals surface area contributed by atoms with Crippen LogP contribution in [0.2, 0.25) is 0 Å². The first kappa shape index (κ1) is 16.7. The van der Waals surface area contributed by atoms with E-state index in [0.717, 1.165) is 29.5 Å². The molecule has 1 aliphatic heterocycles. The second-order valence-corrected chi connectivity index (χ2v) is 5.98. The van der Waals surface area contributed by atoms with Gasteiger partial charge in [-0.15, -0.1) is 0 Å². The van der Waals surface area contributed by atoms with Gasteiger partial charge in [0.25, 0.3) is 0 Å². The predicted molar refractivity (Wildman–Crippen MR) is 95.2 cm³/mol. The van der Waals surface area contributed by atoms with E-state index in [-0.39, 0.29) is 0 Å². The topological polar surface area (TPSA) is 30.9 Å². The molecule has 4 nitrogen and oxygen atoms in total. The van der Waals surface area contributed by atoms with Crippen LogP contribution in [-0.2, 0) is 6.54 Å². The van der Waals surface area contributed by atoms with Crippen molar-refractivity contribution in [3.63, 3.8) is 0 Å². The third-order valence-corrected chi connectivity index (χ3v) is 4.18. The first-order valence-corrected chi connectivity index (χ1v) is 8.58. The van der Waals surface area contributed by atoms with Crippen molar-refractivity contribution in [1.82, 2.24) is 4.90 Å². The highest BCUT2D eigenvalue weighted by Crippen LogP contribution is 2.34. The Kier molecular flexibility index (Phi) is 5.59. The second kappa shape index (κ2) is 8.06. The molecule has 3 rings (SSSR count). The quantitative estimate of drug-likeness (QED) is 0.750. The Morgan fingerprint density at radius 2 is 1.75 bits per heavy atom. The minimum absolute atomic E-state index is 0.637. The Morgan fingerprint density at radius 1 is 0.958 bits per heavy atom. The third-order valence-electron chi connectivity index (χ3n) is 4.18. The summed E-state index contributed by atoms with van der Waals surface area (Å²) in [5.74, 6) is 3.03. The van der Waals surface area contributed by atoms with E-state index in [2.05, 4.69) is 17.0 Å². The van der Waals surface area contributed by atoms with Crippen LogP contribution in [0.4, 0.5) is 0 Å². The highest BCUT2D eigenvalue weighted by Gasteiger charge is 2.14. The summed E-state index contributed by atoms with van der Waals surface area (Å²) in [6.07, 6.45) is 2.59. The van der Waals surface area contributed by atoms with Crippen LogP contribution in [-0.4, -0.2) is 31.7 Å². The number of ether oxygens (including phenoxy) is 3. The number of nitrogens with zero attached hydrogens (tertiary/aromatic N) is 1. The summed E-state index contributed by atoms with van der Waals surface area (Å²) in [6, 6.07) is 13.8. The molecule has 0 bridgehead atoms. The van der Waals surface area contributed by atoms with Crippen LogP contribution in [0, 0.1) is 0 Å². The molecule has 128 valence electrons. The maximum absolute atomic E-state index is 6.07. The van der Waals surface area contributed by atoms with Crippen molar-refractivity contribution in [3.05, 3.63) is 48.0 Å². The Hall–Kier alpha value is -2.20. The first-order valence-electron chi connectivity index (χ1n) is 8.58. The number of rotatable bonds is 7. The zero-order valence-electron chi connectivity index (χ0n) is 14.5. The summed E-state index contributed by atoms with van der Waals surface area (Å²) < 4.78 is 17.1. The third kappa shape index (κ3) is 4.20. The lowest BCUT2D eigenvalue weighted by Gasteiger charge is -2.17. The molecule has 0 unspecified atom stereocenters. The van der Waals surface area contributed by atoms with Gasteiger partial charge >= 0.3 is 0 Å². The van der Waals surface area contributed by atoms with E-state index in [0.29, 0.717) is 6.61 Å². The smallest absolute Gasteiger partial charge is 0.169 e. The molecule has 0 radical (unpaired) electrons. The summed E-state index contributed by atoms with van der Waals surface area (Å²) in [5, 5.41) is 0. The van der Waals surface area contributed by atoms with E-state index in [1.165, 1.54) is 31.5 Å². The van der Waals surface area contributed by atoms with Gasteiger partial charge in [-0.2, -0.15) is 0 Å². The average molecular weight is 327 g/mol. The monoisotopic (exact) mass is 327 g/mol. The van der Waals surface area contributed by atoms with Crippen LogP contribution in [0.5, 0.6) is 23.0 Å². The molecule has 0 saturated carbocycles. The van der Waals surface area contributed by atoms with Gasteiger partial charge in [-0.25, -0.2) is 0 Å². The molecule has 0 aliphatic carbocycles. The molecular formula is C20H25NO3. The number of likely N-dealkylation sites (tertiary alicyclic amines) is 1. The molecule has 0 atom stereocenters. The highest BCUT2D eigenvalue weighted by atomic mass is 16.5. The zero-order valence-corrected chi connectivity index (χ0v) is 14.5. The van der Waals surface area contributed by atoms with E-state index in [1.807, 2.05) is 37.3 Å². The second-order valence-electron chi connectivity index (χ2n) is 5.98. The minimum Gasteiger partial charge on any atom is -0.494 e. The van der Waals surface area contributed by atoms with Crippen molar-refractivity contribution >= 4 is 0 Å².